The van der Waals surface area contributed by atoms with Gasteiger partial charge in [0.1, 0.15) is 5.75 Å². The Kier molecular flexibility index (Phi) is 3.67. The smallest absolute Gasteiger partial charge is 0.169 e. The van der Waals surface area contributed by atoms with E-state index in [0.29, 0.717) is 11.3 Å². The fourth-order valence-electron chi connectivity index (χ4n) is 4.40. The van der Waals surface area contributed by atoms with Crippen LogP contribution in [0.4, 0.5) is 0 Å². The molecule has 0 amide bonds. The van der Waals surface area contributed by atoms with Gasteiger partial charge >= 0.3 is 0 Å². The van der Waals surface area contributed by atoms with E-state index >= 15 is 0 Å². The molecule has 0 bridgehead atoms. The Morgan fingerprint density at radius 3 is 2.72 bits per heavy atom. The molecule has 0 radical (unpaired) electrons. The number of hydrogen-bond acceptors (Lipinski definition) is 5. The quantitative estimate of drug-likeness (QED) is 0.783. The lowest BCUT2D eigenvalue weighted by Crippen LogP contribution is -2.36. The van der Waals surface area contributed by atoms with Crippen LogP contribution in [0.1, 0.15) is 33.9 Å². The predicted octanol–water partition coefficient (Wildman–Crippen LogP) is 2.66. The lowest BCUT2D eigenvalue weighted by molar-refractivity contribution is 0.221. The second-order valence-electron chi connectivity index (χ2n) is 7.03. The molecule has 1 unspecified atom stereocenters. The van der Waals surface area contributed by atoms with Crippen LogP contribution in [0.5, 0.6) is 17.2 Å². The number of methoxy groups -OCH3 is 1. The SMILES string of the molecule is COc1c(O)c(CO)c2c3c1-c1cc(C)c(O)cc1CC3N(C)CC2. The van der Waals surface area contributed by atoms with Crippen LogP contribution in [-0.2, 0) is 19.4 Å². The minimum atomic E-state index is -0.206. The maximum Gasteiger partial charge on any atom is 0.169 e. The van der Waals surface area contributed by atoms with Gasteiger partial charge in [-0.2, -0.15) is 0 Å². The first-order valence-corrected chi connectivity index (χ1v) is 8.56. The van der Waals surface area contributed by atoms with Crippen LogP contribution in [0.3, 0.4) is 0 Å². The molecule has 1 aliphatic heterocycles. The number of aromatic hydroxyl groups is 2. The number of aliphatic hydroxyl groups is 1. The summed E-state index contributed by atoms with van der Waals surface area (Å²) >= 11 is 0. The Bertz CT molecular complexity index is 875. The fraction of sp³-hybridized carbons (Fsp3) is 0.400. The molecule has 132 valence electrons. The summed E-state index contributed by atoms with van der Waals surface area (Å²) in [6.45, 7) is 2.53. The normalized spacial score (nSPS) is 18.6. The van der Waals surface area contributed by atoms with E-state index in [2.05, 4.69) is 11.9 Å². The fourth-order valence-corrected chi connectivity index (χ4v) is 4.40. The summed E-state index contributed by atoms with van der Waals surface area (Å²) in [6, 6.07) is 3.94. The van der Waals surface area contributed by atoms with Crippen molar-refractivity contribution in [1.82, 2.24) is 4.90 Å². The summed E-state index contributed by atoms with van der Waals surface area (Å²) in [5.74, 6) is 0.728. The van der Waals surface area contributed by atoms with E-state index in [0.717, 1.165) is 52.8 Å². The number of phenols is 2. The van der Waals surface area contributed by atoms with Gasteiger partial charge < -0.3 is 20.1 Å². The number of hydrogen-bond donors (Lipinski definition) is 3. The molecule has 2 aromatic carbocycles. The lowest BCUT2D eigenvalue weighted by Gasteiger charge is -2.41. The van der Waals surface area contributed by atoms with Crippen LogP contribution < -0.4 is 4.74 Å². The van der Waals surface area contributed by atoms with Crippen molar-refractivity contribution >= 4 is 0 Å². The molecule has 25 heavy (non-hydrogen) atoms. The van der Waals surface area contributed by atoms with Crippen molar-refractivity contribution in [2.24, 2.45) is 0 Å². The van der Waals surface area contributed by atoms with Crippen molar-refractivity contribution < 1.29 is 20.1 Å². The molecule has 2 aliphatic rings. The number of benzene rings is 2. The van der Waals surface area contributed by atoms with E-state index in [1.165, 1.54) is 0 Å². The van der Waals surface area contributed by atoms with Gasteiger partial charge in [0, 0.05) is 23.7 Å². The zero-order valence-electron chi connectivity index (χ0n) is 14.8. The van der Waals surface area contributed by atoms with E-state index in [4.69, 9.17) is 4.74 Å². The average Bonchev–Trinajstić information content (AvgIpc) is 2.59. The highest BCUT2D eigenvalue weighted by atomic mass is 16.5. The Morgan fingerprint density at radius 1 is 1.28 bits per heavy atom. The van der Waals surface area contributed by atoms with E-state index in [1.807, 2.05) is 19.1 Å². The molecular formula is C20H23NO4. The average molecular weight is 341 g/mol. The zero-order valence-corrected chi connectivity index (χ0v) is 14.8. The summed E-state index contributed by atoms with van der Waals surface area (Å²) in [7, 11) is 3.64. The van der Waals surface area contributed by atoms with Gasteiger partial charge in [-0.3, -0.25) is 4.90 Å². The molecule has 5 heteroatoms. The standard InChI is InChI=1S/C20H23NO4/c1-10-6-13-11(8-16(10)23)7-15-17-12(4-5-21(15)2)14(9-22)19(24)20(25-3)18(13)17/h6,8,15,22-24H,4-5,7,9H2,1-3H3. The highest BCUT2D eigenvalue weighted by Gasteiger charge is 2.38. The molecule has 2 aromatic rings. The second kappa shape index (κ2) is 5.64. The van der Waals surface area contributed by atoms with E-state index in [1.54, 1.807) is 7.11 Å². The summed E-state index contributed by atoms with van der Waals surface area (Å²) in [4.78, 5) is 2.29. The Hall–Kier alpha value is -2.24. The molecule has 0 spiro atoms. The first kappa shape index (κ1) is 16.2. The predicted molar refractivity (Wildman–Crippen MR) is 95.2 cm³/mol. The van der Waals surface area contributed by atoms with Gasteiger partial charge in [-0.25, -0.2) is 0 Å². The first-order chi connectivity index (χ1) is 12.0. The van der Waals surface area contributed by atoms with E-state index < -0.39 is 0 Å². The Balaban J connectivity index is 2.13. The third-order valence-corrected chi connectivity index (χ3v) is 5.73. The Labute approximate surface area is 147 Å². The number of fused-ring (bicyclic) bond motifs is 2. The molecule has 0 aromatic heterocycles. The third kappa shape index (κ3) is 2.16. The number of aliphatic hydroxyl groups excluding tert-OH is 1. The largest absolute Gasteiger partial charge is 0.508 e. The molecule has 5 nitrogen and oxygen atoms in total. The molecule has 0 saturated heterocycles. The number of ether oxygens (including phenoxy) is 1. The van der Waals surface area contributed by atoms with Gasteiger partial charge in [0.05, 0.1) is 13.7 Å². The topological polar surface area (TPSA) is 73.2 Å². The van der Waals surface area contributed by atoms with Gasteiger partial charge in [0.2, 0.25) is 0 Å². The van der Waals surface area contributed by atoms with Crippen LogP contribution in [0, 0.1) is 6.92 Å². The first-order valence-electron chi connectivity index (χ1n) is 8.56. The van der Waals surface area contributed by atoms with Crippen molar-refractivity contribution in [2.45, 2.75) is 32.4 Å². The van der Waals surface area contributed by atoms with Gasteiger partial charge in [0.15, 0.2) is 11.5 Å². The molecule has 0 fully saturated rings. The zero-order chi connectivity index (χ0) is 17.9. The van der Waals surface area contributed by atoms with Crippen LogP contribution in [0.2, 0.25) is 0 Å². The number of phenolic OH excluding ortho intramolecular Hbond substituents is 1. The minimum Gasteiger partial charge on any atom is -0.508 e. The van der Waals surface area contributed by atoms with Crippen molar-refractivity contribution in [2.75, 3.05) is 20.7 Å². The van der Waals surface area contributed by atoms with Gasteiger partial charge in [0.25, 0.3) is 0 Å². The van der Waals surface area contributed by atoms with Crippen LogP contribution >= 0.6 is 0 Å². The van der Waals surface area contributed by atoms with Crippen molar-refractivity contribution in [3.8, 4) is 28.4 Å². The monoisotopic (exact) mass is 341 g/mol. The van der Waals surface area contributed by atoms with Crippen LogP contribution in [-0.4, -0.2) is 40.9 Å². The molecule has 1 heterocycles. The highest BCUT2D eigenvalue weighted by molar-refractivity contribution is 5.85. The second-order valence-corrected chi connectivity index (χ2v) is 7.03. The van der Waals surface area contributed by atoms with Crippen LogP contribution in [0.25, 0.3) is 11.1 Å². The van der Waals surface area contributed by atoms with Gasteiger partial charge in [-0.1, -0.05) is 0 Å². The highest BCUT2D eigenvalue weighted by Crippen LogP contribution is 2.54. The molecule has 3 N–H and O–H groups in total. The summed E-state index contributed by atoms with van der Waals surface area (Å²) in [6.07, 6.45) is 1.58. The number of nitrogens with zero attached hydrogens (tertiary/aromatic N) is 1. The van der Waals surface area contributed by atoms with Crippen molar-refractivity contribution in [3.63, 3.8) is 0 Å². The van der Waals surface area contributed by atoms with E-state index in [-0.39, 0.29) is 24.1 Å². The van der Waals surface area contributed by atoms with Gasteiger partial charge in [-0.15, -0.1) is 0 Å². The number of rotatable bonds is 2. The summed E-state index contributed by atoms with van der Waals surface area (Å²) < 4.78 is 5.58. The third-order valence-electron chi connectivity index (χ3n) is 5.73. The Morgan fingerprint density at radius 2 is 2.04 bits per heavy atom. The molecular weight excluding hydrogens is 318 g/mol. The number of likely N-dealkylation sites (N-methyl/N-ethyl adjacent to an activating group) is 1. The van der Waals surface area contributed by atoms with Crippen molar-refractivity contribution in [3.05, 3.63) is 39.9 Å². The van der Waals surface area contributed by atoms with Crippen LogP contribution in [0.15, 0.2) is 12.1 Å². The number of aryl methyl sites for hydroxylation is 1. The lowest BCUT2D eigenvalue weighted by atomic mass is 9.74. The molecule has 1 aliphatic carbocycles. The van der Waals surface area contributed by atoms with Crippen molar-refractivity contribution in [1.29, 1.82) is 0 Å². The maximum absolute atomic E-state index is 10.7. The summed E-state index contributed by atoms with van der Waals surface area (Å²) in [5.41, 5.74) is 6.49. The van der Waals surface area contributed by atoms with E-state index in [9.17, 15) is 15.3 Å². The molecule has 4 rings (SSSR count). The molecule has 0 saturated carbocycles. The molecule has 1 atom stereocenters. The summed E-state index contributed by atoms with van der Waals surface area (Å²) in [5, 5.41) is 30.7. The van der Waals surface area contributed by atoms with Gasteiger partial charge in [-0.05, 0) is 66.8 Å². The maximum atomic E-state index is 10.7. The minimum absolute atomic E-state index is 0.0284.